The molecule has 38 heavy (non-hydrogen) atoms. The zero-order chi connectivity index (χ0) is 27.0. The first-order valence-electron chi connectivity index (χ1n) is 12.2. The van der Waals surface area contributed by atoms with E-state index in [-0.39, 0.29) is 17.2 Å². The van der Waals surface area contributed by atoms with Gasteiger partial charge in [0.25, 0.3) is 11.2 Å². The predicted molar refractivity (Wildman–Crippen MR) is 147 cm³/mol. The lowest BCUT2D eigenvalue weighted by atomic mass is 9.96. The number of anilines is 1. The Hall–Kier alpha value is -4.63. The Morgan fingerprint density at radius 2 is 1.68 bits per heavy atom. The van der Waals surface area contributed by atoms with Crippen LogP contribution in [0.25, 0.3) is 33.3 Å². The Morgan fingerprint density at radius 3 is 2.34 bits per heavy atom. The first kappa shape index (κ1) is 25.0. The van der Waals surface area contributed by atoms with Crippen LogP contribution in [0.4, 0.5) is 11.4 Å². The molecule has 9 nitrogen and oxygen atoms in total. The molecule has 192 valence electrons. The van der Waals surface area contributed by atoms with Crippen molar-refractivity contribution in [2.24, 2.45) is 0 Å². The van der Waals surface area contributed by atoms with Crippen LogP contribution in [0.3, 0.4) is 0 Å². The number of nitro groups is 1. The molecule has 2 heterocycles. The molecule has 3 aromatic carbocycles. The second kappa shape index (κ2) is 10.0. The number of ketones is 1. The molecule has 0 aliphatic carbocycles. The van der Waals surface area contributed by atoms with E-state index in [0.717, 1.165) is 21.5 Å². The number of hydrogen-bond acceptors (Lipinski definition) is 7. The highest BCUT2D eigenvalue weighted by molar-refractivity contribution is 5.99. The van der Waals surface area contributed by atoms with Crippen LogP contribution in [-0.4, -0.2) is 46.8 Å². The SMILES string of the molecule is C=C(C)c1cc(C(C)=O)cc(-c2nn(-c3cc(N4CCOCC4)ccc3[N+](=O)[O-])c(=O)c3ccccc23)c1. The van der Waals surface area contributed by atoms with Gasteiger partial charge in [-0.2, -0.15) is 9.78 Å². The van der Waals surface area contributed by atoms with Crippen molar-refractivity contribution in [1.29, 1.82) is 0 Å². The Bertz CT molecular complexity index is 1640. The van der Waals surface area contributed by atoms with E-state index < -0.39 is 10.5 Å². The van der Waals surface area contributed by atoms with E-state index in [4.69, 9.17) is 4.74 Å². The maximum atomic E-state index is 13.7. The lowest BCUT2D eigenvalue weighted by molar-refractivity contribution is -0.384. The molecule has 0 amide bonds. The van der Waals surface area contributed by atoms with E-state index in [1.807, 2.05) is 13.0 Å². The molecular weight excluding hydrogens is 484 g/mol. The quantitative estimate of drug-likeness (QED) is 0.203. The fourth-order valence-electron chi connectivity index (χ4n) is 4.63. The maximum Gasteiger partial charge on any atom is 0.295 e. The number of benzene rings is 3. The highest BCUT2D eigenvalue weighted by atomic mass is 16.6. The summed E-state index contributed by atoms with van der Waals surface area (Å²) < 4.78 is 6.53. The Morgan fingerprint density at radius 1 is 1.00 bits per heavy atom. The fourth-order valence-corrected chi connectivity index (χ4v) is 4.63. The van der Waals surface area contributed by atoms with Crippen molar-refractivity contribution in [1.82, 2.24) is 9.78 Å². The molecule has 1 saturated heterocycles. The molecule has 5 rings (SSSR count). The lowest BCUT2D eigenvalue weighted by Gasteiger charge is -2.29. The summed E-state index contributed by atoms with van der Waals surface area (Å²) in [5.74, 6) is -0.124. The van der Waals surface area contributed by atoms with Gasteiger partial charge >= 0.3 is 0 Å². The van der Waals surface area contributed by atoms with Crippen LogP contribution in [0.2, 0.25) is 0 Å². The van der Waals surface area contributed by atoms with Crippen molar-refractivity contribution < 1.29 is 14.5 Å². The Kier molecular flexibility index (Phi) is 6.61. The largest absolute Gasteiger partial charge is 0.378 e. The van der Waals surface area contributed by atoms with E-state index in [9.17, 15) is 19.7 Å². The summed E-state index contributed by atoms with van der Waals surface area (Å²) in [6, 6.07) is 17.0. The number of ether oxygens (including phenoxy) is 1. The van der Waals surface area contributed by atoms with Crippen molar-refractivity contribution in [2.75, 3.05) is 31.2 Å². The monoisotopic (exact) mass is 510 g/mol. The number of carbonyl (C=O) groups excluding carboxylic acids is 1. The normalized spacial score (nSPS) is 13.5. The molecule has 0 N–H and O–H groups in total. The summed E-state index contributed by atoms with van der Waals surface area (Å²) in [4.78, 5) is 39.6. The zero-order valence-corrected chi connectivity index (χ0v) is 21.1. The molecule has 1 aliphatic heterocycles. The van der Waals surface area contributed by atoms with E-state index in [2.05, 4.69) is 16.6 Å². The summed E-state index contributed by atoms with van der Waals surface area (Å²) in [6.07, 6.45) is 0. The topological polar surface area (TPSA) is 108 Å². The number of Topliss-reactive ketones (excluding diaryl/α,β-unsaturated/α-hetero) is 1. The van der Waals surface area contributed by atoms with Gasteiger partial charge in [0, 0.05) is 41.4 Å². The summed E-state index contributed by atoms with van der Waals surface area (Å²) in [6.45, 7) is 9.68. The molecule has 1 fully saturated rings. The summed E-state index contributed by atoms with van der Waals surface area (Å²) >= 11 is 0. The summed E-state index contributed by atoms with van der Waals surface area (Å²) in [5.41, 5.74) is 3.12. The van der Waals surface area contributed by atoms with Crippen LogP contribution in [0.15, 0.2) is 72.0 Å². The molecule has 0 bridgehead atoms. The molecule has 9 heteroatoms. The van der Waals surface area contributed by atoms with Crippen LogP contribution in [0, 0.1) is 10.1 Å². The van der Waals surface area contributed by atoms with Gasteiger partial charge in [0.15, 0.2) is 5.78 Å². The number of fused-ring (bicyclic) bond motifs is 1. The van der Waals surface area contributed by atoms with Crippen molar-refractivity contribution >= 4 is 33.5 Å². The fraction of sp³-hybridized carbons (Fsp3) is 0.207. The number of allylic oxidation sites excluding steroid dienone is 1. The van der Waals surface area contributed by atoms with Gasteiger partial charge in [0.2, 0.25) is 0 Å². The van der Waals surface area contributed by atoms with E-state index >= 15 is 0 Å². The molecular formula is C29H26N4O5. The lowest BCUT2D eigenvalue weighted by Crippen LogP contribution is -2.36. The third-order valence-corrected chi connectivity index (χ3v) is 6.67. The van der Waals surface area contributed by atoms with Crippen molar-refractivity contribution in [2.45, 2.75) is 13.8 Å². The van der Waals surface area contributed by atoms with Crippen LogP contribution in [-0.2, 0) is 4.74 Å². The standard InChI is InChI=1S/C29H26N4O5/c1-18(2)20-14-21(19(3)34)16-22(15-20)28-24-6-4-5-7-25(24)29(35)32(30-28)27-17-23(8-9-26(27)33(36)37)31-10-12-38-13-11-31/h4-9,14-17H,1,10-13H2,2-3H3. The van der Waals surface area contributed by atoms with Gasteiger partial charge in [-0.25, -0.2) is 0 Å². The zero-order valence-electron chi connectivity index (χ0n) is 21.1. The maximum absolute atomic E-state index is 13.7. The molecule has 4 aromatic rings. The van der Waals surface area contributed by atoms with Crippen LogP contribution in [0.5, 0.6) is 0 Å². The summed E-state index contributed by atoms with van der Waals surface area (Å²) in [5, 5.41) is 17.7. The molecule has 0 atom stereocenters. The smallest absolute Gasteiger partial charge is 0.295 e. The van der Waals surface area contributed by atoms with E-state index in [0.29, 0.717) is 53.9 Å². The second-order valence-electron chi connectivity index (χ2n) is 9.28. The number of hydrogen-bond donors (Lipinski definition) is 0. The van der Waals surface area contributed by atoms with Gasteiger partial charge in [0.05, 0.1) is 29.2 Å². The number of rotatable bonds is 6. The van der Waals surface area contributed by atoms with E-state index in [1.54, 1.807) is 48.5 Å². The minimum atomic E-state index is -0.517. The number of nitro benzene ring substituents is 1. The Labute approximate surface area is 218 Å². The van der Waals surface area contributed by atoms with Gasteiger partial charge in [-0.05, 0) is 55.8 Å². The van der Waals surface area contributed by atoms with Crippen LogP contribution >= 0.6 is 0 Å². The molecule has 0 unspecified atom stereocenters. The van der Waals surface area contributed by atoms with Crippen molar-refractivity contribution in [3.63, 3.8) is 0 Å². The first-order chi connectivity index (χ1) is 18.2. The van der Waals surface area contributed by atoms with Gasteiger partial charge in [-0.1, -0.05) is 30.4 Å². The average molecular weight is 511 g/mol. The average Bonchev–Trinajstić information content (AvgIpc) is 2.93. The third kappa shape index (κ3) is 4.59. The highest BCUT2D eigenvalue weighted by Gasteiger charge is 2.23. The molecule has 0 radical (unpaired) electrons. The predicted octanol–water partition coefficient (Wildman–Crippen LogP) is 5.03. The minimum absolute atomic E-state index is 0.0684. The van der Waals surface area contributed by atoms with Gasteiger partial charge < -0.3 is 9.64 Å². The van der Waals surface area contributed by atoms with Crippen LogP contribution < -0.4 is 10.5 Å². The van der Waals surface area contributed by atoms with Gasteiger partial charge in [0.1, 0.15) is 5.69 Å². The van der Waals surface area contributed by atoms with E-state index in [1.165, 1.54) is 13.0 Å². The molecule has 0 spiro atoms. The third-order valence-electron chi connectivity index (χ3n) is 6.67. The highest BCUT2D eigenvalue weighted by Crippen LogP contribution is 2.32. The first-order valence-corrected chi connectivity index (χ1v) is 12.2. The Balaban J connectivity index is 1.81. The molecule has 1 aliphatic rings. The molecule has 1 aromatic heterocycles. The van der Waals surface area contributed by atoms with Crippen molar-refractivity contribution in [3.8, 4) is 16.9 Å². The second-order valence-corrected chi connectivity index (χ2v) is 9.28. The van der Waals surface area contributed by atoms with Gasteiger partial charge in [-0.15, -0.1) is 0 Å². The number of aromatic nitrogens is 2. The number of morpholine rings is 1. The minimum Gasteiger partial charge on any atom is -0.378 e. The molecule has 0 saturated carbocycles. The van der Waals surface area contributed by atoms with Crippen LogP contribution in [0.1, 0.15) is 29.8 Å². The summed E-state index contributed by atoms with van der Waals surface area (Å²) in [7, 11) is 0. The van der Waals surface area contributed by atoms with Crippen molar-refractivity contribution in [3.05, 3.63) is 98.8 Å². The number of nitrogens with zero attached hydrogens (tertiary/aromatic N) is 4. The number of carbonyl (C=O) groups is 1. The van der Waals surface area contributed by atoms with Gasteiger partial charge in [-0.3, -0.25) is 19.7 Å².